The van der Waals surface area contributed by atoms with Gasteiger partial charge in [-0.25, -0.2) is 9.37 Å². The molecule has 21 heavy (non-hydrogen) atoms. The van der Waals surface area contributed by atoms with E-state index in [1.54, 1.807) is 13.0 Å². The third-order valence-corrected chi connectivity index (χ3v) is 3.93. The lowest BCUT2D eigenvalue weighted by Gasteiger charge is -2.02. The Hall–Kier alpha value is -2.28. The number of anilines is 1. The van der Waals surface area contributed by atoms with Gasteiger partial charge in [-0.2, -0.15) is 0 Å². The Morgan fingerprint density at radius 1 is 1.38 bits per heavy atom. The van der Waals surface area contributed by atoms with E-state index in [0.717, 1.165) is 4.88 Å². The van der Waals surface area contributed by atoms with E-state index in [1.807, 2.05) is 0 Å². The van der Waals surface area contributed by atoms with Crippen molar-refractivity contribution in [3.05, 3.63) is 46.2 Å². The maximum absolute atomic E-state index is 13.5. The molecule has 1 heterocycles. The third kappa shape index (κ3) is 3.85. The minimum absolute atomic E-state index is 0.00370. The average Bonchev–Trinajstić information content (AvgIpc) is 2.76. The van der Waals surface area contributed by atoms with Crippen LogP contribution < -0.4 is 5.32 Å². The van der Waals surface area contributed by atoms with E-state index in [1.165, 1.54) is 29.5 Å². The van der Waals surface area contributed by atoms with Crippen LogP contribution in [0.5, 0.6) is 0 Å². The van der Waals surface area contributed by atoms with Gasteiger partial charge < -0.3 is 5.11 Å². The molecule has 1 aromatic carbocycles. The topological polar surface area (TPSA) is 79.3 Å². The van der Waals surface area contributed by atoms with Crippen LogP contribution in [0.3, 0.4) is 0 Å². The van der Waals surface area contributed by atoms with E-state index >= 15 is 0 Å². The number of aliphatic carboxylic acids is 1. The van der Waals surface area contributed by atoms with Crippen LogP contribution in [0.25, 0.3) is 0 Å². The summed E-state index contributed by atoms with van der Waals surface area (Å²) < 4.78 is 13.5. The lowest BCUT2D eigenvalue weighted by molar-refractivity contribution is -0.136. The first-order valence-electron chi connectivity index (χ1n) is 6.21. The Labute approximate surface area is 124 Å². The van der Waals surface area contributed by atoms with Crippen LogP contribution in [0.15, 0.2) is 24.3 Å². The summed E-state index contributed by atoms with van der Waals surface area (Å²) in [6, 6.07) is 5.67. The third-order valence-electron chi connectivity index (χ3n) is 2.80. The van der Waals surface area contributed by atoms with Gasteiger partial charge in [0.15, 0.2) is 5.13 Å². The number of carboxylic acids is 1. The largest absolute Gasteiger partial charge is 0.481 e. The van der Waals surface area contributed by atoms with Crippen molar-refractivity contribution in [1.82, 2.24) is 4.98 Å². The van der Waals surface area contributed by atoms with Crippen LogP contribution in [0.1, 0.15) is 27.3 Å². The highest BCUT2D eigenvalue weighted by molar-refractivity contribution is 7.15. The van der Waals surface area contributed by atoms with E-state index in [2.05, 4.69) is 10.3 Å². The molecular weight excluding hydrogens is 295 g/mol. The van der Waals surface area contributed by atoms with E-state index < -0.39 is 17.7 Å². The highest BCUT2D eigenvalue weighted by atomic mass is 32.1. The molecular formula is C14H13FN2O3S. The molecule has 0 bridgehead atoms. The van der Waals surface area contributed by atoms with E-state index in [-0.39, 0.29) is 12.0 Å². The first kappa shape index (κ1) is 15.1. The van der Waals surface area contributed by atoms with E-state index in [9.17, 15) is 14.0 Å². The fraction of sp³-hybridized carbons (Fsp3) is 0.214. The molecule has 0 aliphatic rings. The second-order valence-corrected chi connectivity index (χ2v) is 5.44. The van der Waals surface area contributed by atoms with Gasteiger partial charge in [0, 0.05) is 4.88 Å². The Morgan fingerprint density at radius 2 is 2.10 bits per heavy atom. The Morgan fingerprint density at radius 3 is 2.76 bits per heavy atom. The van der Waals surface area contributed by atoms with Crippen LogP contribution >= 0.6 is 11.3 Å². The molecule has 0 aliphatic carbocycles. The van der Waals surface area contributed by atoms with Crippen LogP contribution in [0.2, 0.25) is 0 Å². The maximum Gasteiger partial charge on any atom is 0.303 e. The minimum Gasteiger partial charge on any atom is -0.481 e. The van der Waals surface area contributed by atoms with Crippen molar-refractivity contribution in [3.8, 4) is 0 Å². The number of hydrogen-bond acceptors (Lipinski definition) is 4. The number of aryl methyl sites for hydroxylation is 2. The molecule has 0 fully saturated rings. The summed E-state index contributed by atoms with van der Waals surface area (Å²) >= 11 is 1.20. The quantitative estimate of drug-likeness (QED) is 0.890. The summed E-state index contributed by atoms with van der Waals surface area (Å²) in [4.78, 5) is 27.5. The van der Waals surface area contributed by atoms with Gasteiger partial charge in [0.2, 0.25) is 0 Å². The van der Waals surface area contributed by atoms with Crippen molar-refractivity contribution < 1.29 is 19.1 Å². The molecule has 0 aliphatic heterocycles. The number of halogens is 1. The number of aromatic nitrogens is 1. The molecule has 2 rings (SSSR count). The molecule has 0 radical (unpaired) electrons. The monoisotopic (exact) mass is 308 g/mol. The Bertz CT molecular complexity index is 685. The number of nitrogens with zero attached hydrogens (tertiary/aromatic N) is 1. The molecule has 5 nitrogen and oxygen atoms in total. The predicted octanol–water partition coefficient (Wildman–Crippen LogP) is 2.86. The first-order chi connectivity index (χ1) is 9.97. The highest BCUT2D eigenvalue weighted by Gasteiger charge is 2.15. The first-order valence-corrected chi connectivity index (χ1v) is 7.03. The number of nitrogens with one attached hydrogen (secondary N) is 1. The molecule has 2 N–H and O–H groups in total. The zero-order valence-corrected chi connectivity index (χ0v) is 12.0. The predicted molar refractivity (Wildman–Crippen MR) is 77.2 cm³/mol. The molecule has 0 saturated heterocycles. The summed E-state index contributed by atoms with van der Waals surface area (Å²) in [5.74, 6) is -2.07. The molecule has 110 valence electrons. The maximum atomic E-state index is 13.5. The SMILES string of the molecule is Cc1nc(NC(=O)c2ccccc2F)sc1CCC(=O)O. The molecule has 2 aromatic rings. The number of carbonyl (C=O) groups is 2. The van der Waals surface area contributed by atoms with Gasteiger partial charge in [0.25, 0.3) is 5.91 Å². The molecule has 1 aromatic heterocycles. The van der Waals surface area contributed by atoms with Crippen molar-refractivity contribution in [2.24, 2.45) is 0 Å². The number of benzene rings is 1. The van der Waals surface area contributed by atoms with Crippen molar-refractivity contribution in [3.63, 3.8) is 0 Å². The Balaban J connectivity index is 2.10. The van der Waals surface area contributed by atoms with Crippen molar-refractivity contribution in [2.45, 2.75) is 19.8 Å². The van der Waals surface area contributed by atoms with Crippen molar-refractivity contribution in [1.29, 1.82) is 0 Å². The van der Waals surface area contributed by atoms with Crippen molar-refractivity contribution in [2.75, 3.05) is 5.32 Å². The molecule has 1 amide bonds. The van der Waals surface area contributed by atoms with E-state index in [4.69, 9.17) is 5.11 Å². The van der Waals surface area contributed by atoms with Gasteiger partial charge in [-0.05, 0) is 25.5 Å². The molecule has 0 spiro atoms. The fourth-order valence-electron chi connectivity index (χ4n) is 1.74. The molecule has 0 atom stereocenters. The molecule has 0 unspecified atom stereocenters. The Kier molecular flexibility index (Phi) is 4.64. The summed E-state index contributed by atoms with van der Waals surface area (Å²) in [6.45, 7) is 1.74. The number of carboxylic acid groups (broad SMARTS) is 1. The van der Waals surface area contributed by atoms with Crippen LogP contribution in [-0.4, -0.2) is 22.0 Å². The van der Waals surface area contributed by atoms with Crippen LogP contribution in [-0.2, 0) is 11.2 Å². The number of carbonyl (C=O) groups excluding carboxylic acids is 1. The summed E-state index contributed by atoms with van der Waals surface area (Å²) in [6.07, 6.45) is 0.359. The smallest absolute Gasteiger partial charge is 0.303 e. The zero-order valence-electron chi connectivity index (χ0n) is 11.2. The van der Waals surface area contributed by atoms with Crippen LogP contribution in [0.4, 0.5) is 9.52 Å². The standard InChI is InChI=1S/C14H13FN2O3S/c1-8-11(6-7-12(18)19)21-14(16-8)17-13(20)9-4-2-3-5-10(9)15/h2-5H,6-7H2,1H3,(H,18,19)(H,16,17,20). The van der Waals surface area contributed by atoms with Gasteiger partial charge in [0.05, 0.1) is 17.7 Å². The summed E-state index contributed by atoms with van der Waals surface area (Å²) in [5, 5.41) is 11.5. The van der Waals surface area contributed by atoms with Crippen molar-refractivity contribution >= 4 is 28.3 Å². The normalized spacial score (nSPS) is 10.4. The highest BCUT2D eigenvalue weighted by Crippen LogP contribution is 2.24. The molecule has 7 heteroatoms. The molecule has 0 saturated carbocycles. The number of hydrogen-bond donors (Lipinski definition) is 2. The second-order valence-electron chi connectivity index (χ2n) is 4.36. The number of rotatable bonds is 5. The second kappa shape index (κ2) is 6.45. The van der Waals surface area contributed by atoms with Gasteiger partial charge >= 0.3 is 5.97 Å². The van der Waals surface area contributed by atoms with Gasteiger partial charge in [-0.15, -0.1) is 11.3 Å². The van der Waals surface area contributed by atoms with Gasteiger partial charge in [0.1, 0.15) is 5.82 Å². The van der Waals surface area contributed by atoms with Crippen LogP contribution in [0, 0.1) is 12.7 Å². The lowest BCUT2D eigenvalue weighted by Crippen LogP contribution is -2.13. The number of amides is 1. The number of thiazole rings is 1. The average molecular weight is 308 g/mol. The van der Waals surface area contributed by atoms with Gasteiger partial charge in [-0.3, -0.25) is 14.9 Å². The fourth-order valence-corrected chi connectivity index (χ4v) is 2.70. The van der Waals surface area contributed by atoms with Gasteiger partial charge in [-0.1, -0.05) is 12.1 Å². The lowest BCUT2D eigenvalue weighted by atomic mass is 10.2. The minimum atomic E-state index is -0.889. The summed E-state index contributed by atoms with van der Waals surface area (Å²) in [5.41, 5.74) is 0.613. The summed E-state index contributed by atoms with van der Waals surface area (Å²) in [7, 11) is 0. The zero-order chi connectivity index (χ0) is 15.4. The van der Waals surface area contributed by atoms with E-state index in [0.29, 0.717) is 17.2 Å².